The van der Waals surface area contributed by atoms with Crippen molar-refractivity contribution in [2.24, 2.45) is 0 Å². The van der Waals surface area contributed by atoms with Crippen LogP contribution >= 0.6 is 0 Å². The van der Waals surface area contributed by atoms with Crippen LogP contribution < -0.4 is 9.64 Å². The monoisotopic (exact) mass is 337 g/mol. The Morgan fingerprint density at radius 3 is 2.72 bits per heavy atom. The number of rotatable bonds is 4. The maximum atomic E-state index is 12.9. The Labute approximate surface area is 146 Å². The summed E-state index contributed by atoms with van der Waals surface area (Å²) in [5.74, 6) is -0.339. The van der Waals surface area contributed by atoms with Gasteiger partial charge < -0.3 is 14.7 Å². The molecule has 0 radical (unpaired) electrons. The number of ketones is 1. The zero-order valence-electron chi connectivity index (χ0n) is 14.2. The molecule has 1 aliphatic heterocycles. The molecule has 2 aromatic carbocycles. The molecular formula is C20H19NO4. The molecule has 0 saturated carbocycles. The van der Waals surface area contributed by atoms with Gasteiger partial charge in [0.05, 0.1) is 12.8 Å². The van der Waals surface area contributed by atoms with Gasteiger partial charge in [0.1, 0.15) is 12.3 Å². The number of carboxylic acids is 1. The van der Waals surface area contributed by atoms with Gasteiger partial charge in [0.2, 0.25) is 0 Å². The zero-order chi connectivity index (χ0) is 18.0. The smallest absolute Gasteiger partial charge is 0.323 e. The van der Waals surface area contributed by atoms with Crippen LogP contribution in [0.4, 0.5) is 5.69 Å². The maximum Gasteiger partial charge on any atom is 0.323 e. The zero-order valence-corrected chi connectivity index (χ0v) is 14.2. The van der Waals surface area contributed by atoms with E-state index in [1.54, 1.807) is 24.2 Å². The second-order valence-corrected chi connectivity index (χ2v) is 5.96. The number of anilines is 1. The molecule has 5 nitrogen and oxygen atoms in total. The van der Waals surface area contributed by atoms with Gasteiger partial charge in [-0.05, 0) is 30.7 Å². The number of carbonyl (C=O) groups is 2. The van der Waals surface area contributed by atoms with E-state index in [1.165, 1.54) is 0 Å². The Morgan fingerprint density at radius 1 is 1.24 bits per heavy atom. The maximum absolute atomic E-state index is 12.9. The largest absolute Gasteiger partial charge is 0.496 e. The molecule has 0 aromatic heterocycles. The second kappa shape index (κ2) is 6.81. The first kappa shape index (κ1) is 16.8. The predicted octanol–water partition coefficient (Wildman–Crippen LogP) is 3.17. The minimum absolute atomic E-state index is 0.0776. The van der Waals surface area contributed by atoms with Gasteiger partial charge in [0, 0.05) is 23.2 Å². The lowest BCUT2D eigenvalue weighted by molar-refractivity contribution is -0.135. The van der Waals surface area contributed by atoms with Crippen molar-refractivity contribution in [3.05, 3.63) is 64.7 Å². The van der Waals surface area contributed by atoms with Gasteiger partial charge in [-0.2, -0.15) is 0 Å². The number of hydrogen-bond donors (Lipinski definition) is 1. The fourth-order valence-electron chi connectivity index (χ4n) is 3.17. The van der Waals surface area contributed by atoms with Crippen LogP contribution in [0.25, 0.3) is 6.08 Å². The molecule has 0 spiro atoms. The molecule has 0 saturated heterocycles. The van der Waals surface area contributed by atoms with E-state index >= 15 is 0 Å². The van der Waals surface area contributed by atoms with Gasteiger partial charge in [-0.3, -0.25) is 9.59 Å². The first-order valence-corrected chi connectivity index (χ1v) is 7.96. The minimum atomic E-state index is -0.930. The number of para-hydroxylation sites is 2. The number of methoxy groups -OCH3 is 1. The molecule has 0 fully saturated rings. The van der Waals surface area contributed by atoms with Gasteiger partial charge in [0.15, 0.2) is 5.78 Å². The van der Waals surface area contributed by atoms with E-state index in [9.17, 15) is 14.7 Å². The Balaban J connectivity index is 2.10. The summed E-state index contributed by atoms with van der Waals surface area (Å²) in [5, 5.41) is 9.24. The highest BCUT2D eigenvalue weighted by molar-refractivity contribution is 6.17. The van der Waals surface area contributed by atoms with Crippen molar-refractivity contribution in [3.63, 3.8) is 0 Å². The number of Topliss-reactive ketones (excluding diaryl/α,β-unsaturated/α-hetero) is 1. The van der Waals surface area contributed by atoms with Crippen LogP contribution in [0.1, 0.15) is 21.5 Å². The summed E-state index contributed by atoms with van der Waals surface area (Å²) in [6.45, 7) is 1.98. The molecule has 1 aliphatic rings. The van der Waals surface area contributed by atoms with Gasteiger partial charge in [-0.15, -0.1) is 0 Å². The van der Waals surface area contributed by atoms with Gasteiger partial charge in [-0.1, -0.05) is 30.3 Å². The summed E-state index contributed by atoms with van der Waals surface area (Å²) in [5.41, 5.74) is 3.47. The van der Waals surface area contributed by atoms with Crippen LogP contribution in [-0.2, 0) is 4.79 Å². The highest BCUT2D eigenvalue weighted by atomic mass is 16.5. The number of carbonyl (C=O) groups excluding carboxylic acids is 1. The molecule has 0 bridgehead atoms. The van der Waals surface area contributed by atoms with E-state index in [0.29, 0.717) is 22.6 Å². The highest BCUT2D eigenvalue weighted by Crippen LogP contribution is 2.33. The highest BCUT2D eigenvalue weighted by Gasteiger charge is 2.29. The van der Waals surface area contributed by atoms with Crippen LogP contribution in [0.2, 0.25) is 0 Å². The number of nitrogens with zero attached hydrogens (tertiary/aromatic N) is 1. The summed E-state index contributed by atoms with van der Waals surface area (Å²) in [6.07, 6.45) is 1.78. The molecule has 2 aromatic rings. The topological polar surface area (TPSA) is 66.8 Å². The van der Waals surface area contributed by atoms with E-state index < -0.39 is 5.97 Å². The lowest BCUT2D eigenvalue weighted by atomic mass is 9.92. The number of fused-ring (bicyclic) bond motifs is 1. The first-order chi connectivity index (χ1) is 12.0. The van der Waals surface area contributed by atoms with Gasteiger partial charge in [-0.25, -0.2) is 0 Å². The van der Waals surface area contributed by atoms with E-state index in [4.69, 9.17) is 4.74 Å². The Hall–Kier alpha value is -3.08. The fraction of sp³-hybridized carbons (Fsp3) is 0.200. The van der Waals surface area contributed by atoms with Crippen LogP contribution in [0, 0.1) is 6.92 Å². The average molecular weight is 337 g/mol. The summed E-state index contributed by atoms with van der Waals surface area (Å²) in [4.78, 5) is 25.9. The first-order valence-electron chi connectivity index (χ1n) is 7.96. The molecule has 5 heteroatoms. The minimum Gasteiger partial charge on any atom is -0.496 e. The number of benzene rings is 2. The summed E-state index contributed by atoms with van der Waals surface area (Å²) < 4.78 is 5.34. The Morgan fingerprint density at radius 2 is 2.00 bits per heavy atom. The summed E-state index contributed by atoms with van der Waals surface area (Å²) >= 11 is 0. The molecule has 128 valence electrons. The lowest BCUT2D eigenvalue weighted by Crippen LogP contribution is -2.38. The molecule has 0 amide bonds. The second-order valence-electron chi connectivity index (χ2n) is 5.96. The van der Waals surface area contributed by atoms with Crippen LogP contribution in [0.3, 0.4) is 0 Å². The van der Waals surface area contributed by atoms with Crippen LogP contribution in [0.15, 0.2) is 48.0 Å². The number of hydrogen-bond acceptors (Lipinski definition) is 4. The van der Waals surface area contributed by atoms with Crippen molar-refractivity contribution in [3.8, 4) is 5.75 Å². The van der Waals surface area contributed by atoms with Gasteiger partial charge in [0.25, 0.3) is 0 Å². The number of aryl methyl sites for hydroxylation is 1. The van der Waals surface area contributed by atoms with Crippen molar-refractivity contribution in [1.82, 2.24) is 0 Å². The van der Waals surface area contributed by atoms with E-state index in [0.717, 1.165) is 11.1 Å². The number of aliphatic carboxylic acids is 1. The number of ether oxygens (including phenoxy) is 1. The van der Waals surface area contributed by atoms with Crippen molar-refractivity contribution < 1.29 is 19.4 Å². The third-order valence-corrected chi connectivity index (χ3v) is 4.25. The van der Waals surface area contributed by atoms with Gasteiger partial charge >= 0.3 is 5.97 Å². The summed E-state index contributed by atoms with van der Waals surface area (Å²) in [6, 6.07) is 12.9. The third-order valence-electron chi connectivity index (χ3n) is 4.25. The van der Waals surface area contributed by atoms with Crippen LogP contribution in [0.5, 0.6) is 5.75 Å². The number of carboxylic acid groups (broad SMARTS) is 1. The Kier molecular flexibility index (Phi) is 4.57. The average Bonchev–Trinajstić information content (AvgIpc) is 2.59. The van der Waals surface area contributed by atoms with Crippen molar-refractivity contribution in [2.45, 2.75) is 6.92 Å². The standard InChI is InChI=1S/C20H19NO4/c1-13-6-5-8-16-19(13)21(12-18(22)23)11-15(20(16)24)10-14-7-3-4-9-17(14)25-2/h3-10H,11-12H2,1-2H3,(H,22,23)/b15-10+. The fourth-order valence-corrected chi connectivity index (χ4v) is 3.17. The van der Waals surface area contributed by atoms with Crippen molar-refractivity contribution in [1.29, 1.82) is 0 Å². The van der Waals surface area contributed by atoms with E-state index in [1.807, 2.05) is 43.3 Å². The predicted molar refractivity (Wildman–Crippen MR) is 96.3 cm³/mol. The van der Waals surface area contributed by atoms with Crippen LogP contribution in [-0.4, -0.2) is 37.1 Å². The van der Waals surface area contributed by atoms with E-state index in [-0.39, 0.29) is 18.9 Å². The van der Waals surface area contributed by atoms with Crippen molar-refractivity contribution in [2.75, 3.05) is 25.1 Å². The molecule has 0 aliphatic carbocycles. The molecule has 1 N–H and O–H groups in total. The molecular weight excluding hydrogens is 318 g/mol. The van der Waals surface area contributed by atoms with Crippen molar-refractivity contribution >= 4 is 23.5 Å². The lowest BCUT2D eigenvalue weighted by Gasteiger charge is -2.32. The normalized spacial score (nSPS) is 15.2. The molecule has 0 unspecified atom stereocenters. The SMILES string of the molecule is COc1ccccc1/C=C1\CN(CC(=O)O)c2c(C)cccc2C1=O. The Bertz CT molecular complexity index is 870. The third kappa shape index (κ3) is 3.26. The molecule has 0 atom stereocenters. The molecule has 25 heavy (non-hydrogen) atoms. The molecule has 1 heterocycles. The molecule has 3 rings (SSSR count). The van der Waals surface area contributed by atoms with E-state index in [2.05, 4.69) is 0 Å². The quantitative estimate of drug-likeness (QED) is 0.868. The summed E-state index contributed by atoms with van der Waals surface area (Å²) in [7, 11) is 1.58.